The summed E-state index contributed by atoms with van der Waals surface area (Å²) in [6.07, 6.45) is 6.41. The average Bonchev–Trinajstić information content (AvgIpc) is 2.42. The number of carbonyl (C=O) groups excluding carboxylic acids is 1. The van der Waals surface area contributed by atoms with Crippen LogP contribution in [0.4, 0.5) is 0 Å². The van der Waals surface area contributed by atoms with Crippen molar-refractivity contribution in [2.75, 3.05) is 6.61 Å². The Balaban J connectivity index is 2.33. The highest BCUT2D eigenvalue weighted by molar-refractivity contribution is 5.84. The van der Waals surface area contributed by atoms with E-state index in [2.05, 4.69) is 5.32 Å². The molecule has 1 amide bonds. The zero-order valence-electron chi connectivity index (χ0n) is 11.9. The molecule has 0 aromatic carbocycles. The van der Waals surface area contributed by atoms with Crippen molar-refractivity contribution in [2.45, 2.75) is 64.5 Å². The maximum absolute atomic E-state index is 11.7. The molecule has 0 bridgehead atoms. The van der Waals surface area contributed by atoms with Gasteiger partial charge in [0.1, 0.15) is 12.6 Å². The van der Waals surface area contributed by atoms with Crippen molar-refractivity contribution < 1.29 is 19.4 Å². The zero-order chi connectivity index (χ0) is 14.3. The van der Waals surface area contributed by atoms with Crippen LogP contribution in [0.1, 0.15) is 52.4 Å². The molecular formula is C14H25NO4. The van der Waals surface area contributed by atoms with Crippen LogP contribution in [0.15, 0.2) is 0 Å². The van der Waals surface area contributed by atoms with E-state index in [1.165, 1.54) is 6.42 Å². The maximum Gasteiger partial charge on any atom is 0.326 e. The molecular weight excluding hydrogens is 246 g/mol. The van der Waals surface area contributed by atoms with E-state index in [1.807, 2.05) is 13.8 Å². The van der Waals surface area contributed by atoms with Gasteiger partial charge >= 0.3 is 5.97 Å². The van der Waals surface area contributed by atoms with Crippen molar-refractivity contribution in [3.05, 3.63) is 0 Å². The number of aliphatic carboxylic acids is 1. The van der Waals surface area contributed by atoms with Crippen molar-refractivity contribution >= 4 is 11.9 Å². The third-order valence-electron chi connectivity index (χ3n) is 3.80. The molecule has 0 heterocycles. The van der Waals surface area contributed by atoms with Gasteiger partial charge in [-0.2, -0.15) is 0 Å². The van der Waals surface area contributed by atoms with E-state index in [0.717, 1.165) is 25.7 Å². The Labute approximate surface area is 114 Å². The fraction of sp³-hybridized carbons (Fsp3) is 0.857. The second-order valence-electron chi connectivity index (χ2n) is 5.34. The lowest BCUT2D eigenvalue weighted by molar-refractivity contribution is -0.144. The number of amides is 1. The Hall–Kier alpha value is -1.10. The molecule has 0 unspecified atom stereocenters. The molecule has 0 spiro atoms. The van der Waals surface area contributed by atoms with E-state index in [9.17, 15) is 9.59 Å². The normalized spacial score (nSPS) is 19.7. The standard InChI is InChI=1S/C14H25NO4/c1-3-10(2)13(14(17)18)15-12(16)9-19-11-7-5-4-6-8-11/h10-11,13H,3-9H2,1-2H3,(H,15,16)(H,17,18)/t10-,13-/m1/s1. The molecule has 1 aliphatic rings. The molecule has 0 aromatic rings. The van der Waals surface area contributed by atoms with Crippen molar-refractivity contribution in [1.29, 1.82) is 0 Å². The number of rotatable bonds is 7. The zero-order valence-corrected chi connectivity index (χ0v) is 11.9. The fourth-order valence-electron chi connectivity index (χ4n) is 2.32. The summed E-state index contributed by atoms with van der Waals surface area (Å²) in [4.78, 5) is 22.8. The minimum absolute atomic E-state index is 0.0368. The first-order valence-electron chi connectivity index (χ1n) is 7.18. The number of hydrogen-bond acceptors (Lipinski definition) is 3. The molecule has 5 heteroatoms. The lowest BCUT2D eigenvalue weighted by atomic mass is 9.98. The van der Waals surface area contributed by atoms with E-state index in [1.54, 1.807) is 0 Å². The van der Waals surface area contributed by atoms with Gasteiger partial charge in [-0.05, 0) is 18.8 Å². The number of hydrogen-bond donors (Lipinski definition) is 2. The minimum atomic E-state index is -0.986. The summed E-state index contributed by atoms with van der Waals surface area (Å²) in [7, 11) is 0. The van der Waals surface area contributed by atoms with E-state index in [-0.39, 0.29) is 24.5 Å². The van der Waals surface area contributed by atoms with Crippen LogP contribution in [-0.4, -0.2) is 35.7 Å². The van der Waals surface area contributed by atoms with Crippen LogP contribution in [0.2, 0.25) is 0 Å². The van der Waals surface area contributed by atoms with Crippen LogP contribution in [-0.2, 0) is 14.3 Å². The Bertz CT molecular complexity index is 300. The van der Waals surface area contributed by atoms with Gasteiger partial charge in [0, 0.05) is 0 Å². The quantitative estimate of drug-likeness (QED) is 0.742. The Morgan fingerprint density at radius 1 is 1.32 bits per heavy atom. The van der Waals surface area contributed by atoms with Gasteiger partial charge in [-0.15, -0.1) is 0 Å². The van der Waals surface area contributed by atoms with Crippen LogP contribution in [0.25, 0.3) is 0 Å². The first-order valence-corrected chi connectivity index (χ1v) is 7.18. The third kappa shape index (κ3) is 5.59. The first kappa shape index (κ1) is 16.0. The lowest BCUT2D eigenvalue weighted by Gasteiger charge is -2.23. The Morgan fingerprint density at radius 3 is 2.47 bits per heavy atom. The van der Waals surface area contributed by atoms with Crippen molar-refractivity contribution in [2.24, 2.45) is 5.92 Å². The summed E-state index contributed by atoms with van der Waals surface area (Å²) >= 11 is 0. The number of carbonyl (C=O) groups is 2. The summed E-state index contributed by atoms with van der Waals surface area (Å²) in [5.74, 6) is -1.41. The fourth-order valence-corrected chi connectivity index (χ4v) is 2.32. The van der Waals surface area contributed by atoms with Gasteiger partial charge in [0.2, 0.25) is 5.91 Å². The summed E-state index contributed by atoms with van der Waals surface area (Å²) < 4.78 is 5.53. The SMILES string of the molecule is CC[C@@H](C)[C@@H](NC(=O)COC1CCCCC1)C(=O)O. The first-order chi connectivity index (χ1) is 9.04. The molecule has 1 aliphatic carbocycles. The summed E-state index contributed by atoms with van der Waals surface area (Å²) in [5, 5.41) is 11.6. The predicted molar refractivity (Wildman–Crippen MR) is 71.8 cm³/mol. The van der Waals surface area contributed by atoms with Gasteiger partial charge in [0.15, 0.2) is 0 Å². The second-order valence-corrected chi connectivity index (χ2v) is 5.34. The van der Waals surface area contributed by atoms with Crippen molar-refractivity contribution in [3.8, 4) is 0 Å². The number of nitrogens with one attached hydrogen (secondary N) is 1. The van der Waals surface area contributed by atoms with Gasteiger partial charge in [-0.1, -0.05) is 39.5 Å². The summed E-state index contributed by atoms with van der Waals surface area (Å²) in [5.41, 5.74) is 0. The molecule has 0 radical (unpaired) electrons. The summed E-state index contributed by atoms with van der Waals surface area (Å²) in [6.45, 7) is 3.69. The minimum Gasteiger partial charge on any atom is -0.480 e. The topological polar surface area (TPSA) is 75.6 Å². The monoisotopic (exact) mass is 271 g/mol. The van der Waals surface area contributed by atoms with Crippen molar-refractivity contribution in [3.63, 3.8) is 0 Å². The molecule has 5 nitrogen and oxygen atoms in total. The van der Waals surface area contributed by atoms with Gasteiger partial charge < -0.3 is 15.2 Å². The van der Waals surface area contributed by atoms with Gasteiger partial charge in [0.05, 0.1) is 6.10 Å². The highest BCUT2D eigenvalue weighted by atomic mass is 16.5. The molecule has 110 valence electrons. The average molecular weight is 271 g/mol. The second kappa shape index (κ2) is 8.15. The predicted octanol–water partition coefficient (Wildman–Crippen LogP) is 1.95. The lowest BCUT2D eigenvalue weighted by Crippen LogP contribution is -2.46. The van der Waals surface area contributed by atoms with E-state index in [4.69, 9.17) is 9.84 Å². The smallest absolute Gasteiger partial charge is 0.326 e. The summed E-state index contributed by atoms with van der Waals surface area (Å²) in [6, 6.07) is -0.826. The number of carboxylic acid groups (broad SMARTS) is 1. The van der Waals surface area contributed by atoms with Crippen LogP contribution >= 0.6 is 0 Å². The van der Waals surface area contributed by atoms with Crippen LogP contribution in [0, 0.1) is 5.92 Å². The highest BCUT2D eigenvalue weighted by Gasteiger charge is 2.25. The molecule has 2 atom stereocenters. The molecule has 0 saturated heterocycles. The molecule has 2 N–H and O–H groups in total. The Morgan fingerprint density at radius 2 is 1.95 bits per heavy atom. The van der Waals surface area contributed by atoms with Gasteiger partial charge in [0.25, 0.3) is 0 Å². The number of carboxylic acids is 1. The van der Waals surface area contributed by atoms with E-state index >= 15 is 0 Å². The highest BCUT2D eigenvalue weighted by Crippen LogP contribution is 2.20. The van der Waals surface area contributed by atoms with Crippen molar-refractivity contribution in [1.82, 2.24) is 5.32 Å². The largest absolute Gasteiger partial charge is 0.480 e. The molecule has 1 fully saturated rings. The van der Waals surface area contributed by atoms with Gasteiger partial charge in [-0.25, -0.2) is 4.79 Å². The van der Waals surface area contributed by atoms with E-state index in [0.29, 0.717) is 6.42 Å². The molecule has 19 heavy (non-hydrogen) atoms. The Kier molecular flexibility index (Phi) is 6.84. The van der Waals surface area contributed by atoms with Gasteiger partial charge in [-0.3, -0.25) is 4.79 Å². The maximum atomic E-state index is 11.7. The van der Waals surface area contributed by atoms with Crippen LogP contribution < -0.4 is 5.32 Å². The van der Waals surface area contributed by atoms with Crippen LogP contribution in [0.3, 0.4) is 0 Å². The molecule has 1 rings (SSSR count). The number of ether oxygens (including phenoxy) is 1. The third-order valence-corrected chi connectivity index (χ3v) is 3.80. The molecule has 0 aliphatic heterocycles. The van der Waals surface area contributed by atoms with E-state index < -0.39 is 12.0 Å². The molecule has 1 saturated carbocycles. The van der Waals surface area contributed by atoms with Crippen LogP contribution in [0.5, 0.6) is 0 Å². The molecule has 0 aromatic heterocycles.